The maximum atomic E-state index is 13.8. The van der Waals surface area contributed by atoms with Crippen LogP contribution in [-0.2, 0) is 14.3 Å². The summed E-state index contributed by atoms with van der Waals surface area (Å²) in [6, 6.07) is 7.38. The number of anilines is 1. The van der Waals surface area contributed by atoms with E-state index in [9.17, 15) is 19.5 Å². The number of ether oxygens (including phenoxy) is 1. The highest BCUT2D eigenvalue weighted by Crippen LogP contribution is 2.35. The fraction of sp³-hybridized carbons (Fsp3) is 0.667. The molecule has 0 aromatic heterocycles. The van der Waals surface area contributed by atoms with Crippen molar-refractivity contribution in [2.45, 2.75) is 75.8 Å². The van der Waals surface area contributed by atoms with Crippen molar-refractivity contribution in [3.63, 3.8) is 0 Å². The van der Waals surface area contributed by atoms with Crippen molar-refractivity contribution in [3.05, 3.63) is 29.8 Å². The van der Waals surface area contributed by atoms with Gasteiger partial charge in [0.25, 0.3) is 5.91 Å². The number of carbonyl (C=O) groups excluding carboxylic acids is 3. The number of piperazine rings is 1. The van der Waals surface area contributed by atoms with Crippen LogP contribution in [0.4, 0.5) is 5.69 Å². The van der Waals surface area contributed by atoms with Gasteiger partial charge in [-0.05, 0) is 51.0 Å². The second-order valence-electron chi connectivity index (χ2n) is 11.0. The molecule has 1 aromatic carbocycles. The molecule has 3 saturated heterocycles. The molecule has 5 rings (SSSR count). The number of fused-ring (bicyclic) bond motifs is 1. The van der Waals surface area contributed by atoms with Crippen LogP contribution in [0.1, 0.15) is 56.3 Å². The quantitative estimate of drug-likeness (QED) is 0.629. The molecule has 3 atom stereocenters. The summed E-state index contributed by atoms with van der Waals surface area (Å²) in [5.74, 6) is -0.751. The Hall–Kier alpha value is -2.49. The first kappa shape index (κ1) is 25.2. The molecule has 9 nitrogen and oxygen atoms in total. The zero-order chi connectivity index (χ0) is 25.4. The van der Waals surface area contributed by atoms with E-state index in [1.807, 2.05) is 24.3 Å². The van der Waals surface area contributed by atoms with Gasteiger partial charge in [-0.25, -0.2) is 0 Å². The van der Waals surface area contributed by atoms with E-state index in [-0.39, 0.29) is 30.7 Å². The minimum Gasteiger partial charge on any atom is -0.388 e. The van der Waals surface area contributed by atoms with E-state index in [0.717, 1.165) is 51.1 Å². The van der Waals surface area contributed by atoms with E-state index in [1.54, 1.807) is 0 Å². The van der Waals surface area contributed by atoms with Crippen LogP contribution < -0.4 is 10.2 Å². The molecular formula is C27H38N4O5. The predicted octanol–water partition coefficient (Wildman–Crippen LogP) is 1.19. The van der Waals surface area contributed by atoms with Crippen molar-refractivity contribution >= 4 is 23.3 Å². The third-order valence-electron chi connectivity index (χ3n) is 8.43. The Morgan fingerprint density at radius 3 is 2.36 bits per heavy atom. The number of likely N-dealkylation sites (tertiary alicyclic amines) is 1. The Kier molecular flexibility index (Phi) is 7.07. The van der Waals surface area contributed by atoms with Gasteiger partial charge in [0.1, 0.15) is 30.4 Å². The van der Waals surface area contributed by atoms with E-state index >= 15 is 0 Å². The van der Waals surface area contributed by atoms with Crippen molar-refractivity contribution in [2.75, 3.05) is 44.2 Å². The number of ketones is 1. The minimum atomic E-state index is -1.07. The molecule has 36 heavy (non-hydrogen) atoms. The topological polar surface area (TPSA) is 102 Å². The summed E-state index contributed by atoms with van der Waals surface area (Å²) in [4.78, 5) is 45.9. The van der Waals surface area contributed by atoms with E-state index in [1.165, 1.54) is 4.90 Å². The Morgan fingerprint density at radius 1 is 1.06 bits per heavy atom. The molecule has 0 bridgehead atoms. The number of nitrogens with zero attached hydrogens (tertiary/aromatic N) is 3. The normalized spacial score (nSPS) is 28.4. The number of nitrogens with one attached hydrogen (secondary N) is 1. The molecule has 4 fully saturated rings. The van der Waals surface area contributed by atoms with Crippen LogP contribution in [0.5, 0.6) is 0 Å². The summed E-state index contributed by atoms with van der Waals surface area (Å²) >= 11 is 0. The van der Waals surface area contributed by atoms with Gasteiger partial charge in [0.15, 0.2) is 5.78 Å². The lowest BCUT2D eigenvalue weighted by molar-refractivity contribution is -0.143. The molecule has 4 aliphatic rings. The lowest BCUT2D eigenvalue weighted by atomic mass is 9.80. The van der Waals surface area contributed by atoms with Gasteiger partial charge in [0.05, 0.1) is 6.54 Å². The monoisotopic (exact) mass is 498 g/mol. The molecule has 1 aliphatic carbocycles. The van der Waals surface area contributed by atoms with Crippen molar-refractivity contribution in [1.29, 1.82) is 0 Å². The zero-order valence-electron chi connectivity index (χ0n) is 21.3. The predicted molar refractivity (Wildman–Crippen MR) is 135 cm³/mol. The smallest absolute Gasteiger partial charge is 0.252 e. The fourth-order valence-corrected chi connectivity index (χ4v) is 6.27. The van der Waals surface area contributed by atoms with Gasteiger partial charge >= 0.3 is 0 Å². The average Bonchev–Trinajstić information content (AvgIpc) is 3.44. The highest BCUT2D eigenvalue weighted by Gasteiger charge is 2.55. The average molecular weight is 499 g/mol. The lowest BCUT2D eigenvalue weighted by Gasteiger charge is -2.40. The van der Waals surface area contributed by atoms with E-state index < -0.39 is 23.8 Å². The summed E-state index contributed by atoms with van der Waals surface area (Å²) in [6.45, 7) is 8.34. The maximum Gasteiger partial charge on any atom is 0.252 e. The lowest BCUT2D eigenvalue weighted by Crippen LogP contribution is -2.62. The van der Waals surface area contributed by atoms with Gasteiger partial charge in [0.2, 0.25) is 5.91 Å². The van der Waals surface area contributed by atoms with Crippen molar-refractivity contribution < 1.29 is 24.2 Å². The van der Waals surface area contributed by atoms with Gasteiger partial charge in [-0.1, -0.05) is 19.3 Å². The molecule has 9 heteroatoms. The van der Waals surface area contributed by atoms with Crippen molar-refractivity contribution in [1.82, 2.24) is 15.1 Å². The molecule has 0 unspecified atom stereocenters. The van der Waals surface area contributed by atoms with Gasteiger partial charge in [-0.15, -0.1) is 0 Å². The summed E-state index contributed by atoms with van der Waals surface area (Å²) in [7, 11) is 0. The largest absolute Gasteiger partial charge is 0.388 e. The number of rotatable bonds is 5. The van der Waals surface area contributed by atoms with E-state index in [4.69, 9.17) is 4.74 Å². The number of hydrogen-bond acceptors (Lipinski definition) is 7. The number of carbonyl (C=O) groups is 3. The summed E-state index contributed by atoms with van der Waals surface area (Å²) in [5.41, 5.74) is 0.533. The molecule has 196 valence electrons. The third kappa shape index (κ3) is 4.64. The second-order valence-corrected chi connectivity index (χ2v) is 11.0. The molecule has 1 aromatic rings. The summed E-state index contributed by atoms with van der Waals surface area (Å²) < 4.78 is 5.44. The first-order chi connectivity index (χ1) is 17.3. The third-order valence-corrected chi connectivity index (χ3v) is 8.43. The van der Waals surface area contributed by atoms with E-state index in [0.29, 0.717) is 24.4 Å². The molecule has 2 N–H and O–H groups in total. The fourth-order valence-electron chi connectivity index (χ4n) is 6.27. The molecule has 0 radical (unpaired) electrons. The Labute approximate surface area is 212 Å². The number of Topliss-reactive ketones (excluding diaryl/α,β-unsaturated/α-hetero) is 1. The van der Waals surface area contributed by atoms with E-state index in [2.05, 4.69) is 29.0 Å². The van der Waals surface area contributed by atoms with Crippen LogP contribution >= 0.6 is 0 Å². The van der Waals surface area contributed by atoms with Crippen LogP contribution in [0.15, 0.2) is 24.3 Å². The molecule has 0 spiro atoms. The summed E-state index contributed by atoms with van der Waals surface area (Å²) in [6.07, 6.45) is 2.12. The number of hydrogen-bond donors (Lipinski definition) is 2. The Balaban J connectivity index is 1.29. The van der Waals surface area contributed by atoms with Crippen LogP contribution in [0.2, 0.25) is 0 Å². The van der Waals surface area contributed by atoms with Gasteiger partial charge in [-0.2, -0.15) is 0 Å². The maximum absolute atomic E-state index is 13.8. The van der Waals surface area contributed by atoms with Crippen molar-refractivity contribution in [3.8, 4) is 0 Å². The molecule has 3 heterocycles. The Bertz CT molecular complexity index is 982. The molecule has 2 amide bonds. The molecular weight excluding hydrogens is 460 g/mol. The molecule has 1 saturated carbocycles. The van der Waals surface area contributed by atoms with Crippen molar-refractivity contribution in [2.24, 2.45) is 0 Å². The number of amides is 2. The molecule has 3 aliphatic heterocycles. The zero-order valence-corrected chi connectivity index (χ0v) is 21.3. The highest BCUT2D eigenvalue weighted by molar-refractivity contribution is 6.01. The van der Waals surface area contributed by atoms with Gasteiger partial charge in [0, 0.05) is 43.5 Å². The van der Waals surface area contributed by atoms with Crippen LogP contribution in [0.3, 0.4) is 0 Å². The van der Waals surface area contributed by atoms with Gasteiger partial charge < -0.3 is 25.0 Å². The van der Waals surface area contributed by atoms with Crippen LogP contribution in [0.25, 0.3) is 0 Å². The number of β-amino-alcohol motifs (C(OH)–C–C–N with tert-alkyl or cyclic N) is 1. The minimum absolute atomic E-state index is 0.0519. The number of benzene rings is 1. The summed E-state index contributed by atoms with van der Waals surface area (Å²) in [5, 5.41) is 13.5. The highest BCUT2D eigenvalue weighted by atomic mass is 16.5. The first-order valence-corrected chi connectivity index (χ1v) is 13.3. The Morgan fingerprint density at radius 2 is 1.72 bits per heavy atom. The number of aliphatic hydroxyl groups excluding tert-OH is 1. The van der Waals surface area contributed by atoms with Crippen LogP contribution in [-0.4, -0.2) is 102 Å². The second kappa shape index (κ2) is 10.1. The van der Waals surface area contributed by atoms with Crippen LogP contribution in [0, 0.1) is 0 Å². The SMILES string of the molecule is CC(C)N1CCN(c2ccc(C(=O)NC3(C(=O)N4C[C@@H](O)[C@H]5OCC(=O)[C@H]54)CCCCC3)cc2)CC1. The number of aliphatic hydroxyl groups is 1. The van der Waals surface area contributed by atoms with Gasteiger partial charge in [-0.3, -0.25) is 19.3 Å². The standard InChI is InChI=1S/C27H38N4O5/c1-18(2)29-12-14-30(15-13-29)20-8-6-19(7-9-20)25(34)28-27(10-4-3-5-11-27)26(35)31-16-21(32)24-23(31)22(33)17-36-24/h6-9,18,21,23-24,32H,3-5,10-17H2,1-2H3,(H,28,34)/t21-,23-,24-/m1/s1. The first-order valence-electron chi connectivity index (χ1n) is 13.3.